The Morgan fingerprint density at radius 1 is 0.370 bits per heavy atom. The Morgan fingerprint density at radius 3 is 1.41 bits per heavy atom. The lowest BCUT2D eigenvalue weighted by molar-refractivity contribution is 0.0926. The van der Waals surface area contributed by atoms with Crippen LogP contribution in [0.25, 0.3) is 99.8 Å². The highest BCUT2D eigenvalue weighted by Crippen LogP contribution is 2.48. The number of aromatic nitrogens is 4. The summed E-state index contributed by atoms with van der Waals surface area (Å²) in [7, 11) is 0. The van der Waals surface area contributed by atoms with E-state index in [0.717, 1.165) is 65.9 Å². The molecule has 10 heteroatoms. The Hall–Kier alpha value is -10.7. The van der Waals surface area contributed by atoms with Gasteiger partial charge in [-0.3, -0.25) is 9.59 Å². The smallest absolute Gasteiger partial charge is 0.266 e. The summed E-state index contributed by atoms with van der Waals surface area (Å²) in [6, 6.07) is 71.8. The molecule has 0 spiro atoms. The van der Waals surface area contributed by atoms with Crippen LogP contribution in [0.1, 0.15) is 37.7 Å². The standard InChI is InChI=1S/C63H34N8O2/c64-35-38-33-56(69-54-31-8-5-20-43(54)45-22-12-24-47(60(45)69)51-28-10-17-40(36-65)67-51)59(49-26-14-27-50-58(49)63(73)71(62(50)72)53-30-7-4-19-42(53)39-15-2-1-3-16-39)57(34-38)70-55-32-9-6-21-44(55)46-23-13-25-48(61(46)70)52-29-11-18-41(37-66)68-52/h1-34H. The van der Waals surface area contributed by atoms with Gasteiger partial charge in [-0.05, 0) is 71.8 Å². The molecule has 8 aromatic carbocycles. The number of imide groups is 1. The number of nitriles is 3. The van der Waals surface area contributed by atoms with Crippen LogP contribution in [-0.2, 0) is 0 Å². The van der Waals surface area contributed by atoms with E-state index in [1.807, 2.05) is 164 Å². The second-order valence-corrected chi connectivity index (χ2v) is 17.7. The number of carbonyl (C=O) groups excluding carboxylic acids is 2. The second kappa shape index (κ2) is 16.8. The molecule has 5 heterocycles. The number of para-hydroxylation sites is 5. The minimum atomic E-state index is -0.499. The van der Waals surface area contributed by atoms with Crippen LogP contribution in [0.3, 0.4) is 0 Å². The van der Waals surface area contributed by atoms with E-state index in [0.29, 0.717) is 45.1 Å². The first-order chi connectivity index (χ1) is 35.9. The summed E-state index contributed by atoms with van der Waals surface area (Å²) in [6.07, 6.45) is 0. The highest BCUT2D eigenvalue weighted by Gasteiger charge is 2.41. The molecule has 12 aromatic rings. The Kier molecular flexibility index (Phi) is 9.72. The Bertz CT molecular complexity index is 4290. The van der Waals surface area contributed by atoms with Crippen LogP contribution in [0.2, 0.25) is 0 Å². The van der Waals surface area contributed by atoms with Crippen molar-refractivity contribution >= 4 is 61.1 Å². The maximum Gasteiger partial charge on any atom is 0.266 e. The second-order valence-electron chi connectivity index (χ2n) is 17.7. The summed E-state index contributed by atoms with van der Waals surface area (Å²) in [5.74, 6) is -0.965. The van der Waals surface area contributed by atoms with Gasteiger partial charge in [0, 0.05) is 43.8 Å². The molecule has 0 saturated heterocycles. The molecule has 0 saturated carbocycles. The van der Waals surface area contributed by atoms with Gasteiger partial charge in [0.2, 0.25) is 0 Å². The zero-order chi connectivity index (χ0) is 49.3. The SMILES string of the molecule is N#Cc1cc(-n2c3ccccc3c3cccc(-c4cccc(C#N)n4)c32)c(-c2cccc3c2C(=O)N(c2ccccc2-c2ccccc2)C3=O)c(-n2c3ccccc3c3cccc(-c4cccc(C#N)n4)c32)c1. The molecule has 2 amide bonds. The van der Waals surface area contributed by atoms with Crippen molar-refractivity contribution in [1.29, 1.82) is 15.8 Å². The van der Waals surface area contributed by atoms with Gasteiger partial charge in [-0.25, -0.2) is 14.9 Å². The van der Waals surface area contributed by atoms with Crippen molar-refractivity contribution in [2.45, 2.75) is 0 Å². The number of benzene rings is 8. The van der Waals surface area contributed by atoms with Crippen LogP contribution in [0.4, 0.5) is 5.69 Å². The van der Waals surface area contributed by atoms with E-state index >= 15 is 9.59 Å². The molecule has 0 radical (unpaired) electrons. The Morgan fingerprint density at radius 2 is 0.836 bits per heavy atom. The van der Waals surface area contributed by atoms with E-state index in [2.05, 4.69) is 39.5 Å². The van der Waals surface area contributed by atoms with Crippen molar-refractivity contribution < 1.29 is 9.59 Å². The fourth-order valence-corrected chi connectivity index (χ4v) is 10.8. The zero-order valence-corrected chi connectivity index (χ0v) is 38.5. The van der Waals surface area contributed by atoms with Gasteiger partial charge in [0.25, 0.3) is 11.8 Å². The quantitative estimate of drug-likeness (QED) is 0.145. The Balaban J connectivity index is 1.20. The molecule has 13 rings (SSSR count). The molecular formula is C63H34N8O2. The number of carbonyl (C=O) groups is 2. The molecule has 73 heavy (non-hydrogen) atoms. The normalized spacial score (nSPS) is 12.1. The van der Waals surface area contributed by atoms with Crippen molar-refractivity contribution in [2.24, 2.45) is 0 Å². The van der Waals surface area contributed by atoms with Crippen LogP contribution < -0.4 is 4.90 Å². The third-order valence-electron chi connectivity index (χ3n) is 13.8. The van der Waals surface area contributed by atoms with Gasteiger partial charge in [-0.15, -0.1) is 0 Å². The van der Waals surface area contributed by atoms with Gasteiger partial charge in [-0.1, -0.05) is 146 Å². The first kappa shape index (κ1) is 42.4. The molecule has 0 bridgehead atoms. The summed E-state index contributed by atoms with van der Waals surface area (Å²) >= 11 is 0. The van der Waals surface area contributed by atoms with Crippen LogP contribution in [0.5, 0.6) is 0 Å². The molecule has 0 fully saturated rings. The summed E-state index contributed by atoms with van der Waals surface area (Å²) in [5.41, 5.74) is 11.1. The summed E-state index contributed by atoms with van der Waals surface area (Å²) in [6.45, 7) is 0. The van der Waals surface area contributed by atoms with E-state index in [4.69, 9.17) is 9.97 Å². The highest BCUT2D eigenvalue weighted by molar-refractivity contribution is 6.37. The molecule has 338 valence electrons. The van der Waals surface area contributed by atoms with Crippen LogP contribution >= 0.6 is 0 Å². The highest BCUT2D eigenvalue weighted by atomic mass is 16.2. The van der Waals surface area contributed by atoms with Crippen LogP contribution in [0, 0.1) is 34.0 Å². The van der Waals surface area contributed by atoms with Crippen molar-refractivity contribution in [2.75, 3.05) is 4.90 Å². The van der Waals surface area contributed by atoms with Crippen molar-refractivity contribution in [1.82, 2.24) is 19.1 Å². The average molecular weight is 935 g/mol. The van der Waals surface area contributed by atoms with Gasteiger partial charge in [0.1, 0.15) is 23.5 Å². The van der Waals surface area contributed by atoms with E-state index < -0.39 is 11.8 Å². The lowest BCUT2D eigenvalue weighted by atomic mass is 9.92. The largest absolute Gasteiger partial charge is 0.308 e. The number of hydrogen-bond acceptors (Lipinski definition) is 7. The number of amides is 2. The molecule has 0 aliphatic carbocycles. The first-order valence-corrected chi connectivity index (χ1v) is 23.5. The third-order valence-corrected chi connectivity index (χ3v) is 13.8. The molecule has 0 unspecified atom stereocenters. The van der Waals surface area contributed by atoms with Gasteiger partial charge in [0.15, 0.2) is 0 Å². The molecule has 10 nitrogen and oxygen atoms in total. The Labute approximate surface area is 417 Å². The molecule has 1 aliphatic rings. The van der Waals surface area contributed by atoms with E-state index in [-0.39, 0.29) is 22.5 Å². The molecule has 0 N–H and O–H groups in total. The van der Waals surface area contributed by atoms with Gasteiger partial charge >= 0.3 is 0 Å². The molecular weight excluding hydrogens is 901 g/mol. The predicted octanol–water partition coefficient (Wildman–Crippen LogP) is 13.8. The van der Waals surface area contributed by atoms with E-state index in [1.165, 1.54) is 4.90 Å². The lowest BCUT2D eigenvalue weighted by Crippen LogP contribution is -2.30. The van der Waals surface area contributed by atoms with Gasteiger partial charge in [0.05, 0.1) is 73.3 Å². The number of anilines is 1. The van der Waals surface area contributed by atoms with Crippen molar-refractivity contribution in [3.8, 4) is 74.4 Å². The number of hydrogen-bond donors (Lipinski definition) is 0. The van der Waals surface area contributed by atoms with Crippen molar-refractivity contribution in [3.05, 3.63) is 234 Å². The fourth-order valence-electron chi connectivity index (χ4n) is 10.8. The van der Waals surface area contributed by atoms with Gasteiger partial charge in [-0.2, -0.15) is 15.8 Å². The zero-order valence-electron chi connectivity index (χ0n) is 38.5. The van der Waals surface area contributed by atoms with Gasteiger partial charge < -0.3 is 9.13 Å². The maximum absolute atomic E-state index is 15.7. The first-order valence-electron chi connectivity index (χ1n) is 23.5. The van der Waals surface area contributed by atoms with Crippen LogP contribution in [0.15, 0.2) is 206 Å². The maximum atomic E-state index is 15.7. The predicted molar refractivity (Wildman–Crippen MR) is 284 cm³/mol. The number of fused-ring (bicyclic) bond motifs is 7. The minimum absolute atomic E-state index is 0.205. The molecule has 0 atom stereocenters. The molecule has 1 aliphatic heterocycles. The lowest BCUT2D eigenvalue weighted by Gasteiger charge is -2.23. The molecule has 4 aromatic heterocycles. The van der Waals surface area contributed by atoms with E-state index in [9.17, 15) is 15.8 Å². The monoisotopic (exact) mass is 934 g/mol. The number of pyridine rings is 2. The summed E-state index contributed by atoms with van der Waals surface area (Å²) < 4.78 is 4.24. The van der Waals surface area contributed by atoms with Crippen LogP contribution in [-0.4, -0.2) is 30.9 Å². The van der Waals surface area contributed by atoms with E-state index in [1.54, 1.807) is 30.3 Å². The van der Waals surface area contributed by atoms with Crippen molar-refractivity contribution in [3.63, 3.8) is 0 Å². The summed E-state index contributed by atoms with van der Waals surface area (Å²) in [4.78, 5) is 41.7. The number of nitrogens with zero attached hydrogens (tertiary/aromatic N) is 8. The average Bonchev–Trinajstić information content (AvgIpc) is 4.07. The minimum Gasteiger partial charge on any atom is -0.308 e. The fraction of sp³-hybridized carbons (Fsp3) is 0. The number of rotatable bonds is 7. The summed E-state index contributed by atoms with van der Waals surface area (Å²) in [5, 5.41) is 34.9. The topological polar surface area (TPSA) is 144 Å². The third kappa shape index (κ3) is 6.48.